The van der Waals surface area contributed by atoms with E-state index in [1.165, 1.54) is 6.92 Å². The summed E-state index contributed by atoms with van der Waals surface area (Å²) in [4.78, 5) is 11.2. The smallest absolute Gasteiger partial charge is 0.302 e. The normalized spacial score (nSPS) is 12.2. The van der Waals surface area contributed by atoms with E-state index in [2.05, 4.69) is 24.3 Å². The van der Waals surface area contributed by atoms with Gasteiger partial charge in [0.05, 0.1) is 0 Å². The lowest BCUT2D eigenvalue weighted by Gasteiger charge is -2.24. The molecule has 0 N–H and O–H groups in total. The van der Waals surface area contributed by atoms with Gasteiger partial charge < -0.3 is 4.74 Å². The molecule has 2 heteroatoms. The van der Waals surface area contributed by atoms with Gasteiger partial charge in [0.2, 0.25) is 0 Å². The van der Waals surface area contributed by atoms with Crippen LogP contribution in [0.2, 0.25) is 0 Å². The first-order valence-electron chi connectivity index (χ1n) is 6.45. The molecule has 0 aliphatic rings. The summed E-state index contributed by atoms with van der Waals surface area (Å²) in [5, 5.41) is 0. The minimum atomic E-state index is -0.246. The standard InChI is InChI=1S/C17H18O2/c1-13(19-14(2)18)17(15-9-5-3-6-10-15)16-11-7-4-8-12-16/h3-13,17H,1-2H3. The Bertz CT molecular complexity index is 480. The van der Waals surface area contributed by atoms with Crippen molar-refractivity contribution >= 4 is 5.97 Å². The topological polar surface area (TPSA) is 26.3 Å². The van der Waals surface area contributed by atoms with E-state index in [0.717, 1.165) is 11.1 Å². The highest BCUT2D eigenvalue weighted by atomic mass is 16.5. The Morgan fingerprint density at radius 2 is 1.32 bits per heavy atom. The van der Waals surface area contributed by atoms with Crippen molar-refractivity contribution in [1.29, 1.82) is 0 Å². The third-order valence-electron chi connectivity index (χ3n) is 3.14. The first kappa shape index (κ1) is 13.3. The first-order valence-corrected chi connectivity index (χ1v) is 6.45. The summed E-state index contributed by atoms with van der Waals surface area (Å²) in [6.45, 7) is 3.38. The number of benzene rings is 2. The summed E-state index contributed by atoms with van der Waals surface area (Å²) in [6, 6.07) is 20.3. The summed E-state index contributed by atoms with van der Waals surface area (Å²) in [6.07, 6.45) is -0.192. The second-order valence-electron chi connectivity index (χ2n) is 4.61. The van der Waals surface area contributed by atoms with Crippen molar-refractivity contribution in [2.45, 2.75) is 25.9 Å². The van der Waals surface area contributed by atoms with Crippen molar-refractivity contribution in [1.82, 2.24) is 0 Å². The molecule has 2 nitrogen and oxygen atoms in total. The molecule has 2 rings (SSSR count). The van der Waals surface area contributed by atoms with Crippen LogP contribution in [0.25, 0.3) is 0 Å². The molecule has 1 unspecified atom stereocenters. The molecule has 0 aliphatic heterocycles. The molecule has 0 fully saturated rings. The number of ether oxygens (including phenoxy) is 1. The molecule has 0 heterocycles. The monoisotopic (exact) mass is 254 g/mol. The molecule has 2 aromatic rings. The van der Waals surface area contributed by atoms with E-state index >= 15 is 0 Å². The summed E-state index contributed by atoms with van der Waals surface area (Å²) >= 11 is 0. The third kappa shape index (κ3) is 3.44. The zero-order valence-electron chi connectivity index (χ0n) is 11.2. The lowest BCUT2D eigenvalue weighted by molar-refractivity contribution is -0.146. The maximum absolute atomic E-state index is 11.2. The van der Waals surface area contributed by atoms with Crippen LogP contribution in [0.15, 0.2) is 60.7 Å². The number of esters is 1. The Morgan fingerprint density at radius 3 is 1.68 bits per heavy atom. The van der Waals surface area contributed by atoms with Crippen LogP contribution in [0.1, 0.15) is 30.9 Å². The van der Waals surface area contributed by atoms with E-state index in [1.54, 1.807) is 0 Å². The molecule has 2 aromatic carbocycles. The van der Waals surface area contributed by atoms with Gasteiger partial charge in [-0.3, -0.25) is 4.79 Å². The maximum Gasteiger partial charge on any atom is 0.302 e. The van der Waals surface area contributed by atoms with E-state index in [9.17, 15) is 4.79 Å². The quantitative estimate of drug-likeness (QED) is 0.776. The fraction of sp³-hybridized carbons (Fsp3) is 0.235. The van der Waals surface area contributed by atoms with Crippen LogP contribution < -0.4 is 0 Å². The van der Waals surface area contributed by atoms with Gasteiger partial charge in [-0.25, -0.2) is 0 Å². The number of hydrogen-bond donors (Lipinski definition) is 0. The Morgan fingerprint density at radius 1 is 0.895 bits per heavy atom. The zero-order valence-corrected chi connectivity index (χ0v) is 11.2. The SMILES string of the molecule is CC(=O)OC(C)C(c1ccccc1)c1ccccc1. The highest BCUT2D eigenvalue weighted by Crippen LogP contribution is 2.29. The van der Waals surface area contributed by atoms with E-state index in [-0.39, 0.29) is 18.0 Å². The number of carbonyl (C=O) groups is 1. The third-order valence-corrected chi connectivity index (χ3v) is 3.14. The lowest BCUT2D eigenvalue weighted by atomic mass is 9.87. The van der Waals surface area contributed by atoms with Crippen LogP contribution >= 0.6 is 0 Å². The molecule has 0 radical (unpaired) electrons. The molecule has 19 heavy (non-hydrogen) atoms. The predicted molar refractivity (Wildman–Crippen MR) is 76.0 cm³/mol. The van der Waals surface area contributed by atoms with Gasteiger partial charge in [-0.1, -0.05) is 60.7 Å². The highest BCUT2D eigenvalue weighted by Gasteiger charge is 2.23. The van der Waals surface area contributed by atoms with Gasteiger partial charge in [-0.05, 0) is 18.1 Å². The minimum absolute atomic E-state index is 0.0614. The lowest BCUT2D eigenvalue weighted by Crippen LogP contribution is -2.22. The van der Waals surface area contributed by atoms with Crippen molar-refractivity contribution in [3.8, 4) is 0 Å². The van der Waals surface area contributed by atoms with E-state index in [4.69, 9.17) is 4.74 Å². The Hall–Kier alpha value is -2.09. The van der Waals surface area contributed by atoms with Gasteiger partial charge in [0, 0.05) is 12.8 Å². The van der Waals surface area contributed by atoms with Crippen LogP contribution in [0.3, 0.4) is 0 Å². The first-order chi connectivity index (χ1) is 9.18. The molecule has 0 amide bonds. The maximum atomic E-state index is 11.2. The highest BCUT2D eigenvalue weighted by molar-refractivity contribution is 5.66. The molecular weight excluding hydrogens is 236 g/mol. The second-order valence-corrected chi connectivity index (χ2v) is 4.61. The van der Waals surface area contributed by atoms with Gasteiger partial charge in [0.1, 0.15) is 6.10 Å². The molecule has 0 bridgehead atoms. The van der Waals surface area contributed by atoms with Gasteiger partial charge >= 0.3 is 5.97 Å². The van der Waals surface area contributed by atoms with Gasteiger partial charge in [0.15, 0.2) is 0 Å². The summed E-state index contributed by atoms with van der Waals surface area (Å²) in [7, 11) is 0. The predicted octanol–water partition coefficient (Wildman–Crippen LogP) is 3.77. The number of hydrogen-bond acceptors (Lipinski definition) is 2. The number of rotatable bonds is 4. The summed E-state index contributed by atoms with van der Waals surface area (Å²) < 4.78 is 5.38. The average molecular weight is 254 g/mol. The molecule has 0 saturated heterocycles. The fourth-order valence-corrected chi connectivity index (χ4v) is 2.39. The van der Waals surface area contributed by atoms with Crippen molar-refractivity contribution < 1.29 is 9.53 Å². The van der Waals surface area contributed by atoms with Gasteiger partial charge in [0.25, 0.3) is 0 Å². The van der Waals surface area contributed by atoms with Crippen LogP contribution in [0, 0.1) is 0 Å². The van der Waals surface area contributed by atoms with Crippen LogP contribution in [-0.4, -0.2) is 12.1 Å². The molecule has 98 valence electrons. The molecular formula is C17H18O2. The zero-order chi connectivity index (χ0) is 13.7. The molecule has 0 saturated carbocycles. The Kier molecular flexibility index (Phi) is 4.35. The van der Waals surface area contributed by atoms with E-state index in [1.807, 2.05) is 43.3 Å². The second kappa shape index (κ2) is 6.19. The van der Waals surface area contributed by atoms with Crippen molar-refractivity contribution in [3.63, 3.8) is 0 Å². The van der Waals surface area contributed by atoms with E-state index in [0.29, 0.717) is 0 Å². The molecule has 0 aromatic heterocycles. The van der Waals surface area contributed by atoms with Crippen molar-refractivity contribution in [2.24, 2.45) is 0 Å². The van der Waals surface area contributed by atoms with Gasteiger partial charge in [-0.15, -0.1) is 0 Å². The molecule has 0 spiro atoms. The summed E-state index contributed by atoms with van der Waals surface area (Å²) in [5.74, 6) is -0.185. The van der Waals surface area contributed by atoms with Crippen molar-refractivity contribution in [2.75, 3.05) is 0 Å². The fourth-order valence-electron chi connectivity index (χ4n) is 2.39. The summed E-state index contributed by atoms with van der Waals surface area (Å²) in [5.41, 5.74) is 2.31. The number of carbonyl (C=O) groups excluding carboxylic acids is 1. The molecule has 1 atom stereocenters. The molecule has 0 aliphatic carbocycles. The average Bonchev–Trinajstić information content (AvgIpc) is 2.40. The minimum Gasteiger partial charge on any atom is -0.462 e. The van der Waals surface area contributed by atoms with E-state index < -0.39 is 0 Å². The van der Waals surface area contributed by atoms with Crippen LogP contribution in [-0.2, 0) is 9.53 Å². The van der Waals surface area contributed by atoms with Crippen molar-refractivity contribution in [3.05, 3.63) is 71.8 Å². The largest absolute Gasteiger partial charge is 0.462 e. The Labute approximate surface area is 114 Å². The van der Waals surface area contributed by atoms with Crippen LogP contribution in [0.5, 0.6) is 0 Å². The van der Waals surface area contributed by atoms with Gasteiger partial charge in [-0.2, -0.15) is 0 Å². The van der Waals surface area contributed by atoms with Crippen LogP contribution in [0.4, 0.5) is 0 Å². The Balaban J connectivity index is 2.37.